The van der Waals surface area contributed by atoms with Gasteiger partial charge in [-0.15, -0.1) is 0 Å². The van der Waals surface area contributed by atoms with E-state index in [0.29, 0.717) is 18.8 Å². The normalized spacial score (nSPS) is 19.1. The first kappa shape index (κ1) is 19.8. The van der Waals surface area contributed by atoms with Crippen molar-refractivity contribution in [1.82, 2.24) is 9.80 Å². The van der Waals surface area contributed by atoms with E-state index in [0.717, 1.165) is 14.9 Å². The molecule has 9 heteroatoms. The van der Waals surface area contributed by atoms with Crippen molar-refractivity contribution < 1.29 is 27.8 Å². The Labute approximate surface area is 152 Å². The molecule has 1 unspecified atom stereocenters. The standard InChI is InChI=1S/C16H20BrF3N2O3/c1-11-12(17)4-2-5-13(11)25-9-3-6-21-7-8-22(15(23)24)10-14(21)16(18,19)20/h2,4-5,14H,3,6-10H2,1H3,(H,23,24). The quantitative estimate of drug-likeness (QED) is 0.731. The fourth-order valence-electron chi connectivity index (χ4n) is 2.77. The van der Waals surface area contributed by atoms with E-state index in [9.17, 15) is 18.0 Å². The van der Waals surface area contributed by atoms with Gasteiger partial charge in [0.2, 0.25) is 0 Å². The third-order valence-corrected chi connectivity index (χ3v) is 5.06. The first-order valence-corrected chi connectivity index (χ1v) is 8.66. The zero-order valence-electron chi connectivity index (χ0n) is 13.7. The van der Waals surface area contributed by atoms with Crippen LogP contribution in [0.2, 0.25) is 0 Å². The van der Waals surface area contributed by atoms with Gasteiger partial charge in [-0.25, -0.2) is 4.79 Å². The van der Waals surface area contributed by atoms with Gasteiger partial charge >= 0.3 is 12.3 Å². The molecule has 0 spiro atoms. The van der Waals surface area contributed by atoms with Crippen molar-refractivity contribution >= 4 is 22.0 Å². The Morgan fingerprint density at radius 2 is 2.12 bits per heavy atom. The lowest BCUT2D eigenvalue weighted by molar-refractivity contribution is -0.195. The van der Waals surface area contributed by atoms with Gasteiger partial charge < -0.3 is 14.7 Å². The van der Waals surface area contributed by atoms with E-state index in [2.05, 4.69) is 15.9 Å². The summed E-state index contributed by atoms with van der Waals surface area (Å²) in [6.45, 7) is 1.97. The van der Waals surface area contributed by atoms with Crippen molar-refractivity contribution in [2.75, 3.05) is 32.8 Å². The molecule has 5 nitrogen and oxygen atoms in total. The number of ether oxygens (including phenoxy) is 1. The van der Waals surface area contributed by atoms with Gasteiger partial charge in [-0.3, -0.25) is 4.90 Å². The monoisotopic (exact) mass is 424 g/mol. The molecule has 1 atom stereocenters. The van der Waals surface area contributed by atoms with Crippen LogP contribution in [0.4, 0.5) is 18.0 Å². The maximum absolute atomic E-state index is 13.2. The Morgan fingerprint density at radius 1 is 1.40 bits per heavy atom. The average Bonchev–Trinajstić information content (AvgIpc) is 2.54. The third kappa shape index (κ3) is 5.24. The van der Waals surface area contributed by atoms with Crippen LogP contribution in [0.15, 0.2) is 22.7 Å². The van der Waals surface area contributed by atoms with Gasteiger partial charge in [0.1, 0.15) is 11.8 Å². The summed E-state index contributed by atoms with van der Waals surface area (Å²) in [5, 5.41) is 8.91. The minimum Gasteiger partial charge on any atom is -0.493 e. The molecule has 1 fully saturated rings. The van der Waals surface area contributed by atoms with Gasteiger partial charge in [-0.05, 0) is 25.5 Å². The second kappa shape index (κ2) is 8.27. The number of benzene rings is 1. The lowest BCUT2D eigenvalue weighted by Crippen LogP contribution is -2.60. The molecule has 1 aliphatic heterocycles. The zero-order valence-corrected chi connectivity index (χ0v) is 15.3. The highest BCUT2D eigenvalue weighted by Gasteiger charge is 2.47. The maximum Gasteiger partial charge on any atom is 0.407 e. The molecule has 1 heterocycles. The highest BCUT2D eigenvalue weighted by molar-refractivity contribution is 9.10. The van der Waals surface area contributed by atoms with Crippen LogP contribution in [0.1, 0.15) is 12.0 Å². The highest BCUT2D eigenvalue weighted by atomic mass is 79.9. The number of piperazine rings is 1. The molecule has 1 aliphatic rings. The number of hydrogen-bond donors (Lipinski definition) is 1. The largest absolute Gasteiger partial charge is 0.493 e. The molecule has 0 saturated carbocycles. The summed E-state index contributed by atoms with van der Waals surface area (Å²) in [5.41, 5.74) is 0.936. The second-order valence-corrected chi connectivity index (χ2v) is 6.74. The summed E-state index contributed by atoms with van der Waals surface area (Å²) in [7, 11) is 0. The van der Waals surface area contributed by atoms with E-state index < -0.39 is 24.9 Å². The van der Waals surface area contributed by atoms with E-state index >= 15 is 0 Å². The number of hydrogen-bond acceptors (Lipinski definition) is 3. The lowest BCUT2D eigenvalue weighted by Gasteiger charge is -2.40. The van der Waals surface area contributed by atoms with Crippen molar-refractivity contribution in [2.24, 2.45) is 0 Å². The molecule has 1 aromatic rings. The second-order valence-electron chi connectivity index (χ2n) is 5.89. The number of nitrogens with zero attached hydrogens (tertiary/aromatic N) is 2. The molecule has 1 aromatic carbocycles. The van der Waals surface area contributed by atoms with E-state index in [-0.39, 0.29) is 19.6 Å². The van der Waals surface area contributed by atoms with Crippen LogP contribution < -0.4 is 4.74 Å². The van der Waals surface area contributed by atoms with Crippen LogP contribution in [0.25, 0.3) is 0 Å². The molecule has 1 amide bonds. The predicted molar refractivity (Wildman–Crippen MR) is 90.0 cm³/mol. The van der Waals surface area contributed by atoms with Crippen LogP contribution in [-0.4, -0.2) is 66.0 Å². The Balaban J connectivity index is 1.88. The molecule has 2 rings (SSSR count). The minimum atomic E-state index is -4.46. The average molecular weight is 425 g/mol. The zero-order chi connectivity index (χ0) is 18.6. The van der Waals surface area contributed by atoms with Gasteiger partial charge in [-0.1, -0.05) is 22.0 Å². The molecule has 0 aromatic heterocycles. The number of carboxylic acid groups (broad SMARTS) is 1. The Morgan fingerprint density at radius 3 is 2.76 bits per heavy atom. The first-order chi connectivity index (χ1) is 11.7. The minimum absolute atomic E-state index is 0.0619. The van der Waals surface area contributed by atoms with Crippen molar-refractivity contribution in [3.05, 3.63) is 28.2 Å². The summed E-state index contributed by atoms with van der Waals surface area (Å²) >= 11 is 3.40. The highest BCUT2D eigenvalue weighted by Crippen LogP contribution is 2.28. The summed E-state index contributed by atoms with van der Waals surface area (Å²) < 4.78 is 46.2. The number of carbonyl (C=O) groups is 1. The van der Waals surface area contributed by atoms with Crippen molar-refractivity contribution in [3.8, 4) is 5.75 Å². The molecule has 1 saturated heterocycles. The number of halogens is 4. The Kier molecular flexibility index (Phi) is 6.56. The maximum atomic E-state index is 13.2. The summed E-state index contributed by atoms with van der Waals surface area (Å²) in [6.07, 6.45) is -5.36. The van der Waals surface area contributed by atoms with Crippen LogP contribution in [0, 0.1) is 6.92 Å². The number of rotatable bonds is 5. The van der Waals surface area contributed by atoms with Crippen LogP contribution in [0.5, 0.6) is 5.75 Å². The molecule has 140 valence electrons. The Hall–Kier alpha value is -1.48. The molecular weight excluding hydrogens is 405 g/mol. The lowest BCUT2D eigenvalue weighted by atomic mass is 10.1. The van der Waals surface area contributed by atoms with Gasteiger partial charge in [0.15, 0.2) is 0 Å². The Bertz CT molecular complexity index is 613. The van der Waals surface area contributed by atoms with E-state index in [1.165, 1.54) is 4.90 Å². The van der Waals surface area contributed by atoms with Gasteiger partial charge in [0.05, 0.1) is 6.61 Å². The van der Waals surface area contributed by atoms with Crippen LogP contribution in [0.3, 0.4) is 0 Å². The first-order valence-electron chi connectivity index (χ1n) is 7.86. The number of alkyl halides is 3. The molecule has 25 heavy (non-hydrogen) atoms. The van der Waals surface area contributed by atoms with Crippen LogP contribution >= 0.6 is 15.9 Å². The van der Waals surface area contributed by atoms with E-state index in [1.54, 1.807) is 0 Å². The molecule has 1 N–H and O–H groups in total. The molecule has 0 radical (unpaired) electrons. The van der Waals surface area contributed by atoms with Gasteiger partial charge in [-0.2, -0.15) is 13.2 Å². The predicted octanol–water partition coefficient (Wildman–Crippen LogP) is 3.75. The smallest absolute Gasteiger partial charge is 0.407 e. The van der Waals surface area contributed by atoms with Crippen molar-refractivity contribution in [3.63, 3.8) is 0 Å². The SMILES string of the molecule is Cc1c(Br)cccc1OCCCN1CCN(C(=O)O)CC1C(F)(F)F. The molecule has 0 aliphatic carbocycles. The van der Waals surface area contributed by atoms with E-state index in [1.807, 2.05) is 25.1 Å². The fraction of sp³-hybridized carbons (Fsp3) is 0.562. The summed E-state index contributed by atoms with van der Waals surface area (Å²) in [6, 6.07) is 3.75. The van der Waals surface area contributed by atoms with Gasteiger partial charge in [0.25, 0.3) is 0 Å². The van der Waals surface area contributed by atoms with Gasteiger partial charge in [0, 0.05) is 36.2 Å². The number of amides is 1. The molecule has 0 bridgehead atoms. The van der Waals surface area contributed by atoms with Crippen molar-refractivity contribution in [1.29, 1.82) is 0 Å². The summed E-state index contributed by atoms with van der Waals surface area (Å²) in [4.78, 5) is 13.0. The van der Waals surface area contributed by atoms with Crippen molar-refractivity contribution in [2.45, 2.75) is 25.6 Å². The third-order valence-electron chi connectivity index (χ3n) is 4.20. The van der Waals surface area contributed by atoms with E-state index in [4.69, 9.17) is 9.84 Å². The summed E-state index contributed by atoms with van der Waals surface area (Å²) in [5.74, 6) is 0.692. The molecular formula is C16H20BrF3N2O3. The topological polar surface area (TPSA) is 53.0 Å². The fourth-order valence-corrected chi connectivity index (χ4v) is 3.11. The van der Waals surface area contributed by atoms with Crippen LogP contribution in [-0.2, 0) is 0 Å².